The molecule has 0 aromatic rings. The van der Waals surface area contributed by atoms with Gasteiger partial charge in [0.1, 0.15) is 0 Å². The summed E-state index contributed by atoms with van der Waals surface area (Å²) in [5, 5.41) is 16.7. The van der Waals surface area contributed by atoms with Crippen LogP contribution < -0.4 is 0 Å². The first-order valence-electron chi connectivity index (χ1n) is 2.59. The molecule has 0 fully saturated rings. The van der Waals surface area contributed by atoms with Gasteiger partial charge in [0.2, 0.25) is 0 Å². The number of halogens is 1. The fraction of sp³-hybridized carbons (Fsp3) is 0.800. The van der Waals surface area contributed by atoms with E-state index in [1.807, 2.05) is 0 Å². The summed E-state index contributed by atoms with van der Waals surface area (Å²) < 4.78 is 0.695. The predicted molar refractivity (Wildman–Crippen MR) is 41.7 cm³/mol. The minimum atomic E-state index is -0.842. The molecule has 0 rings (SSSR count). The van der Waals surface area contributed by atoms with Crippen molar-refractivity contribution in [3.63, 3.8) is 0 Å². The molecule has 3 nitrogen and oxygen atoms in total. The second-order valence-corrected chi connectivity index (χ2v) is 2.68. The van der Waals surface area contributed by atoms with Crippen LogP contribution >= 0.6 is 22.6 Å². The maximum Gasteiger partial charge on any atom is 0.303 e. The van der Waals surface area contributed by atoms with Gasteiger partial charge in [-0.1, -0.05) is 22.6 Å². The van der Waals surface area contributed by atoms with E-state index >= 15 is 0 Å². The summed E-state index contributed by atoms with van der Waals surface area (Å²) in [4.78, 5) is 10.0. The van der Waals surface area contributed by atoms with Crippen molar-refractivity contribution in [2.45, 2.75) is 6.42 Å². The Morgan fingerprint density at radius 1 is 1.67 bits per heavy atom. The molecule has 9 heavy (non-hydrogen) atoms. The quantitative estimate of drug-likeness (QED) is 0.559. The highest BCUT2D eigenvalue weighted by atomic mass is 127. The average Bonchev–Trinajstić information content (AvgIpc) is 1.82. The molecule has 0 unspecified atom stereocenters. The highest BCUT2D eigenvalue weighted by molar-refractivity contribution is 14.1. The van der Waals surface area contributed by atoms with Gasteiger partial charge in [0.15, 0.2) is 0 Å². The van der Waals surface area contributed by atoms with E-state index in [1.165, 1.54) is 0 Å². The van der Waals surface area contributed by atoms with Crippen LogP contribution in [0.25, 0.3) is 0 Å². The van der Waals surface area contributed by atoms with E-state index in [9.17, 15) is 4.79 Å². The molecule has 0 saturated carbocycles. The number of rotatable bonds is 4. The number of aliphatic hydroxyl groups is 1. The lowest BCUT2D eigenvalue weighted by molar-refractivity contribution is -0.138. The predicted octanol–water partition coefficient (Wildman–Crippen LogP) is 0.505. The van der Waals surface area contributed by atoms with Crippen LogP contribution in [0, 0.1) is 5.92 Å². The van der Waals surface area contributed by atoms with Crippen LogP contribution in [0.1, 0.15) is 6.42 Å². The molecule has 0 aliphatic carbocycles. The smallest absolute Gasteiger partial charge is 0.303 e. The minimum absolute atomic E-state index is 0.0325. The molecule has 0 aliphatic rings. The zero-order valence-corrected chi connectivity index (χ0v) is 7.04. The molecule has 54 valence electrons. The Labute approximate surface area is 67.2 Å². The number of carboxylic acids is 1. The molecule has 0 aromatic carbocycles. The third-order valence-corrected chi connectivity index (χ3v) is 2.19. The van der Waals surface area contributed by atoms with Crippen molar-refractivity contribution in [2.24, 2.45) is 5.92 Å². The van der Waals surface area contributed by atoms with Crippen LogP contribution in [0.2, 0.25) is 0 Å². The lowest BCUT2D eigenvalue weighted by Crippen LogP contribution is -2.12. The van der Waals surface area contributed by atoms with Crippen LogP contribution in [-0.4, -0.2) is 27.2 Å². The lowest BCUT2D eigenvalue weighted by Gasteiger charge is -2.04. The summed E-state index contributed by atoms with van der Waals surface area (Å²) in [5.74, 6) is -0.922. The van der Waals surface area contributed by atoms with E-state index in [0.717, 1.165) is 0 Å². The number of aliphatic carboxylic acids is 1. The first-order chi connectivity index (χ1) is 4.20. The standard InChI is InChI=1S/C5H9IO3/c6-2-4(3-7)1-5(8)9/h4,7H,1-3H2,(H,8,9)/t4-/m1/s1. The monoisotopic (exact) mass is 244 g/mol. The van der Waals surface area contributed by atoms with E-state index in [1.54, 1.807) is 0 Å². The van der Waals surface area contributed by atoms with Crippen LogP contribution in [0.5, 0.6) is 0 Å². The van der Waals surface area contributed by atoms with Crippen molar-refractivity contribution in [2.75, 3.05) is 11.0 Å². The van der Waals surface area contributed by atoms with Crippen molar-refractivity contribution in [3.8, 4) is 0 Å². The topological polar surface area (TPSA) is 57.5 Å². The third-order valence-electron chi connectivity index (χ3n) is 0.940. The number of aliphatic hydroxyl groups excluding tert-OH is 1. The van der Waals surface area contributed by atoms with E-state index in [-0.39, 0.29) is 18.9 Å². The summed E-state index contributed by atoms with van der Waals surface area (Å²) in [6, 6.07) is 0. The van der Waals surface area contributed by atoms with Gasteiger partial charge in [0.05, 0.1) is 6.42 Å². The molecule has 1 atom stereocenters. The van der Waals surface area contributed by atoms with Gasteiger partial charge in [-0.2, -0.15) is 0 Å². The van der Waals surface area contributed by atoms with E-state index < -0.39 is 5.97 Å². The van der Waals surface area contributed by atoms with Crippen molar-refractivity contribution in [1.82, 2.24) is 0 Å². The summed E-state index contributed by atoms with van der Waals surface area (Å²) in [6.07, 6.45) is 0.0689. The molecule has 2 N–H and O–H groups in total. The molecular formula is C5H9IO3. The number of alkyl halides is 1. The van der Waals surface area contributed by atoms with Gasteiger partial charge in [-0.15, -0.1) is 0 Å². The number of hydrogen-bond donors (Lipinski definition) is 2. The van der Waals surface area contributed by atoms with Gasteiger partial charge in [-0.3, -0.25) is 4.79 Å². The maximum absolute atomic E-state index is 10.0. The van der Waals surface area contributed by atoms with Crippen LogP contribution in [0.3, 0.4) is 0 Å². The highest BCUT2D eigenvalue weighted by Gasteiger charge is 2.09. The molecule has 0 radical (unpaired) electrons. The Hall–Kier alpha value is 0.160. The normalized spacial score (nSPS) is 13.1. The highest BCUT2D eigenvalue weighted by Crippen LogP contribution is 2.05. The molecule has 0 heterocycles. The lowest BCUT2D eigenvalue weighted by atomic mass is 10.1. The molecule has 0 aliphatic heterocycles. The van der Waals surface area contributed by atoms with Gasteiger partial charge in [0.25, 0.3) is 0 Å². The Balaban J connectivity index is 3.43. The zero-order valence-electron chi connectivity index (χ0n) is 4.88. The van der Waals surface area contributed by atoms with Gasteiger partial charge < -0.3 is 10.2 Å². The summed E-state index contributed by atoms with van der Waals surface area (Å²) in [7, 11) is 0. The van der Waals surface area contributed by atoms with Crippen molar-refractivity contribution in [3.05, 3.63) is 0 Å². The minimum Gasteiger partial charge on any atom is -0.481 e. The van der Waals surface area contributed by atoms with Crippen molar-refractivity contribution < 1.29 is 15.0 Å². The molecule has 0 amide bonds. The van der Waals surface area contributed by atoms with Crippen molar-refractivity contribution in [1.29, 1.82) is 0 Å². The van der Waals surface area contributed by atoms with Crippen molar-refractivity contribution >= 4 is 28.6 Å². The molecule has 0 saturated heterocycles. The Kier molecular flexibility index (Phi) is 5.07. The maximum atomic E-state index is 10.0. The average molecular weight is 244 g/mol. The first kappa shape index (κ1) is 9.16. The number of hydrogen-bond acceptors (Lipinski definition) is 2. The number of carboxylic acid groups (broad SMARTS) is 1. The Morgan fingerprint density at radius 3 is 2.33 bits per heavy atom. The van der Waals surface area contributed by atoms with Gasteiger partial charge >= 0.3 is 5.97 Å². The van der Waals surface area contributed by atoms with Gasteiger partial charge in [-0.25, -0.2) is 0 Å². The summed E-state index contributed by atoms with van der Waals surface area (Å²) in [6.45, 7) is -0.0325. The molecule has 0 spiro atoms. The zero-order chi connectivity index (χ0) is 7.28. The van der Waals surface area contributed by atoms with Gasteiger partial charge in [0, 0.05) is 17.0 Å². The van der Waals surface area contributed by atoms with Crippen LogP contribution in [0.4, 0.5) is 0 Å². The SMILES string of the molecule is O=C(O)C[C@@H](CO)CI. The number of carbonyl (C=O) groups is 1. The molecule has 0 bridgehead atoms. The van der Waals surface area contributed by atoms with E-state index in [4.69, 9.17) is 10.2 Å². The molecule has 4 heteroatoms. The Morgan fingerprint density at radius 2 is 2.22 bits per heavy atom. The van der Waals surface area contributed by atoms with Crippen LogP contribution in [0.15, 0.2) is 0 Å². The Bertz CT molecular complexity index is 90.2. The molecular weight excluding hydrogens is 235 g/mol. The second-order valence-electron chi connectivity index (χ2n) is 1.80. The fourth-order valence-electron chi connectivity index (χ4n) is 0.415. The van der Waals surface area contributed by atoms with E-state index in [0.29, 0.717) is 4.43 Å². The van der Waals surface area contributed by atoms with Gasteiger partial charge in [-0.05, 0) is 0 Å². The third kappa shape index (κ3) is 4.65. The van der Waals surface area contributed by atoms with E-state index in [2.05, 4.69) is 22.6 Å². The van der Waals surface area contributed by atoms with Crippen LogP contribution in [-0.2, 0) is 4.79 Å². The largest absolute Gasteiger partial charge is 0.481 e. The summed E-state index contributed by atoms with van der Waals surface area (Å²) >= 11 is 2.06. The second kappa shape index (κ2) is 4.99. The first-order valence-corrected chi connectivity index (χ1v) is 4.12. The summed E-state index contributed by atoms with van der Waals surface area (Å²) in [5.41, 5.74) is 0. The fourth-order valence-corrected chi connectivity index (χ4v) is 1.00. The molecule has 0 aromatic heterocycles.